The lowest BCUT2D eigenvalue weighted by Gasteiger charge is -2.23. The number of aryl methyl sites for hydroxylation is 1. The summed E-state index contributed by atoms with van der Waals surface area (Å²) >= 11 is 0. The van der Waals surface area contributed by atoms with Crippen molar-refractivity contribution in [1.82, 2.24) is 5.32 Å². The zero-order valence-corrected chi connectivity index (χ0v) is 12.4. The van der Waals surface area contributed by atoms with Gasteiger partial charge in [0.05, 0.1) is 12.3 Å². The quantitative estimate of drug-likeness (QED) is 0.772. The van der Waals surface area contributed by atoms with Crippen LogP contribution in [0.2, 0.25) is 0 Å². The molecule has 2 nitrogen and oxygen atoms in total. The molecule has 0 saturated heterocycles. The predicted molar refractivity (Wildman–Crippen MR) is 80.3 cm³/mol. The fourth-order valence-electron chi connectivity index (χ4n) is 3.02. The second-order valence-electron chi connectivity index (χ2n) is 5.38. The second kappa shape index (κ2) is 7.54. The molecule has 0 aliphatic heterocycles. The van der Waals surface area contributed by atoms with Gasteiger partial charge in [-0.1, -0.05) is 38.3 Å². The van der Waals surface area contributed by atoms with Gasteiger partial charge >= 0.3 is 0 Å². The van der Waals surface area contributed by atoms with Crippen molar-refractivity contribution < 1.29 is 4.42 Å². The van der Waals surface area contributed by atoms with Gasteiger partial charge in [-0.25, -0.2) is 0 Å². The van der Waals surface area contributed by atoms with Gasteiger partial charge < -0.3 is 9.73 Å². The van der Waals surface area contributed by atoms with Crippen LogP contribution in [0.25, 0.3) is 0 Å². The van der Waals surface area contributed by atoms with Crippen LogP contribution >= 0.6 is 0 Å². The minimum Gasteiger partial charge on any atom is -0.469 e. The van der Waals surface area contributed by atoms with Crippen LogP contribution in [0.3, 0.4) is 0 Å². The average molecular weight is 261 g/mol. The lowest BCUT2D eigenvalue weighted by Crippen LogP contribution is -2.23. The zero-order chi connectivity index (χ0) is 13.5. The number of nitrogens with one attached hydrogen (secondary N) is 1. The van der Waals surface area contributed by atoms with Gasteiger partial charge in [-0.3, -0.25) is 0 Å². The summed E-state index contributed by atoms with van der Waals surface area (Å²) in [5.41, 5.74) is 2.91. The minimum atomic E-state index is 0.358. The van der Waals surface area contributed by atoms with Gasteiger partial charge in [0, 0.05) is 12.0 Å². The van der Waals surface area contributed by atoms with Crippen LogP contribution in [0.15, 0.2) is 28.4 Å². The van der Waals surface area contributed by atoms with Crippen LogP contribution < -0.4 is 5.32 Å². The number of allylic oxidation sites excluding steroid dienone is 1. The van der Waals surface area contributed by atoms with Crippen molar-refractivity contribution in [3.05, 3.63) is 35.3 Å². The summed E-state index contributed by atoms with van der Waals surface area (Å²) in [6.07, 6.45) is 13.2. The molecule has 1 atom stereocenters. The molecule has 1 heterocycles. The summed E-state index contributed by atoms with van der Waals surface area (Å²) in [7, 11) is 0. The third-order valence-corrected chi connectivity index (χ3v) is 4.02. The molecule has 0 bridgehead atoms. The molecular formula is C17H27NO. The number of furan rings is 1. The van der Waals surface area contributed by atoms with Gasteiger partial charge in [-0.2, -0.15) is 0 Å². The van der Waals surface area contributed by atoms with Crippen LogP contribution in [0.1, 0.15) is 69.7 Å². The zero-order valence-electron chi connectivity index (χ0n) is 12.4. The topological polar surface area (TPSA) is 25.2 Å². The van der Waals surface area contributed by atoms with Crippen LogP contribution in [-0.4, -0.2) is 6.54 Å². The van der Waals surface area contributed by atoms with Crippen molar-refractivity contribution >= 4 is 0 Å². The fourth-order valence-corrected chi connectivity index (χ4v) is 3.02. The molecule has 0 fully saturated rings. The van der Waals surface area contributed by atoms with Gasteiger partial charge in [-0.05, 0) is 38.3 Å². The lowest BCUT2D eigenvalue weighted by molar-refractivity contribution is 0.495. The van der Waals surface area contributed by atoms with Gasteiger partial charge in [0.2, 0.25) is 0 Å². The van der Waals surface area contributed by atoms with Gasteiger partial charge in [0.1, 0.15) is 5.76 Å². The summed E-state index contributed by atoms with van der Waals surface area (Å²) in [5.74, 6) is 1.13. The Hall–Kier alpha value is -1.02. The highest BCUT2D eigenvalue weighted by Gasteiger charge is 2.20. The Morgan fingerprint density at radius 1 is 1.21 bits per heavy atom. The van der Waals surface area contributed by atoms with Crippen molar-refractivity contribution in [3.8, 4) is 0 Å². The van der Waals surface area contributed by atoms with E-state index in [1.807, 2.05) is 6.26 Å². The molecule has 0 radical (unpaired) electrons. The SMILES string of the molecule is CCNC(/C1=C/CCCCCC1)c1ccoc1CC. The van der Waals surface area contributed by atoms with E-state index in [0.29, 0.717) is 6.04 Å². The smallest absolute Gasteiger partial charge is 0.108 e. The number of hydrogen-bond donors (Lipinski definition) is 1. The molecule has 2 rings (SSSR count). The van der Waals surface area contributed by atoms with Crippen molar-refractivity contribution in [2.75, 3.05) is 6.54 Å². The van der Waals surface area contributed by atoms with E-state index >= 15 is 0 Å². The van der Waals surface area contributed by atoms with E-state index in [1.165, 1.54) is 44.1 Å². The van der Waals surface area contributed by atoms with Crippen molar-refractivity contribution in [1.29, 1.82) is 0 Å². The van der Waals surface area contributed by atoms with E-state index in [1.54, 1.807) is 5.57 Å². The molecule has 106 valence electrons. The van der Waals surface area contributed by atoms with Crippen molar-refractivity contribution in [2.24, 2.45) is 0 Å². The molecule has 0 amide bonds. The summed E-state index contributed by atoms with van der Waals surface area (Å²) in [4.78, 5) is 0. The summed E-state index contributed by atoms with van der Waals surface area (Å²) in [5, 5.41) is 3.65. The first-order valence-electron chi connectivity index (χ1n) is 7.85. The maximum atomic E-state index is 5.62. The maximum Gasteiger partial charge on any atom is 0.108 e. The first-order chi connectivity index (χ1) is 9.36. The molecular weight excluding hydrogens is 234 g/mol. The fraction of sp³-hybridized carbons (Fsp3) is 0.647. The molecule has 1 aliphatic carbocycles. The third kappa shape index (κ3) is 3.73. The van der Waals surface area contributed by atoms with E-state index in [-0.39, 0.29) is 0 Å². The summed E-state index contributed by atoms with van der Waals surface area (Å²) in [6.45, 7) is 5.34. The van der Waals surface area contributed by atoms with Crippen LogP contribution in [-0.2, 0) is 6.42 Å². The Kier molecular flexibility index (Phi) is 5.71. The van der Waals surface area contributed by atoms with E-state index in [2.05, 4.69) is 31.3 Å². The highest BCUT2D eigenvalue weighted by molar-refractivity contribution is 5.30. The molecule has 0 spiro atoms. The maximum absolute atomic E-state index is 5.62. The lowest BCUT2D eigenvalue weighted by atomic mass is 9.90. The third-order valence-electron chi connectivity index (χ3n) is 4.02. The Morgan fingerprint density at radius 2 is 2.05 bits per heavy atom. The molecule has 0 aromatic carbocycles. The molecule has 1 aromatic heterocycles. The standard InChI is InChI=1S/C17H27NO/c1-3-16-15(12-13-19-16)17(18-4-2)14-10-8-6-5-7-9-11-14/h10,12-13,17-18H,3-9,11H2,1-2H3/b14-10+. The first-order valence-corrected chi connectivity index (χ1v) is 7.85. The summed E-state index contributed by atoms with van der Waals surface area (Å²) < 4.78 is 5.62. The van der Waals surface area contributed by atoms with E-state index in [9.17, 15) is 0 Å². The van der Waals surface area contributed by atoms with Crippen molar-refractivity contribution in [2.45, 2.75) is 64.8 Å². The van der Waals surface area contributed by atoms with E-state index < -0.39 is 0 Å². The first kappa shape index (κ1) is 14.4. The molecule has 1 aliphatic rings. The molecule has 19 heavy (non-hydrogen) atoms. The van der Waals surface area contributed by atoms with Crippen LogP contribution in [0.4, 0.5) is 0 Å². The number of hydrogen-bond acceptors (Lipinski definition) is 2. The Morgan fingerprint density at radius 3 is 2.84 bits per heavy atom. The minimum absolute atomic E-state index is 0.358. The second-order valence-corrected chi connectivity index (χ2v) is 5.38. The average Bonchev–Trinajstić information content (AvgIpc) is 2.84. The Bertz CT molecular complexity index is 405. The highest BCUT2D eigenvalue weighted by atomic mass is 16.3. The largest absolute Gasteiger partial charge is 0.469 e. The molecule has 2 heteroatoms. The van der Waals surface area contributed by atoms with Crippen molar-refractivity contribution in [3.63, 3.8) is 0 Å². The highest BCUT2D eigenvalue weighted by Crippen LogP contribution is 2.31. The number of rotatable bonds is 5. The normalized spacial score (nSPS) is 21.3. The van der Waals surface area contributed by atoms with Crippen LogP contribution in [0, 0.1) is 0 Å². The van der Waals surface area contributed by atoms with Gasteiger partial charge in [-0.15, -0.1) is 0 Å². The van der Waals surface area contributed by atoms with E-state index in [4.69, 9.17) is 4.42 Å². The monoisotopic (exact) mass is 261 g/mol. The molecule has 1 aromatic rings. The number of likely N-dealkylation sites (N-methyl/N-ethyl adjacent to an activating group) is 1. The van der Waals surface area contributed by atoms with E-state index in [0.717, 1.165) is 18.7 Å². The Labute approximate surface area is 117 Å². The molecule has 1 N–H and O–H groups in total. The Balaban J connectivity index is 2.23. The van der Waals surface area contributed by atoms with Gasteiger partial charge in [0.25, 0.3) is 0 Å². The summed E-state index contributed by atoms with van der Waals surface area (Å²) in [6, 6.07) is 2.50. The molecule has 1 unspecified atom stereocenters. The predicted octanol–water partition coefficient (Wildman–Crippen LogP) is 4.77. The van der Waals surface area contributed by atoms with Gasteiger partial charge in [0.15, 0.2) is 0 Å². The molecule has 0 saturated carbocycles. The van der Waals surface area contributed by atoms with Crippen LogP contribution in [0.5, 0.6) is 0 Å².